The molecule has 1 nitrogen and oxygen atoms in total. The highest BCUT2D eigenvalue weighted by Crippen LogP contribution is 2.55. The van der Waals surface area contributed by atoms with Crippen molar-refractivity contribution in [3.05, 3.63) is 187 Å². The van der Waals surface area contributed by atoms with E-state index in [1.165, 1.54) is 81.1 Å². The Kier molecular flexibility index (Phi) is 6.78. The first-order valence-electron chi connectivity index (χ1n) is 17.7. The van der Waals surface area contributed by atoms with Gasteiger partial charge in [-0.2, -0.15) is 0 Å². The number of benzene rings is 8. The Morgan fingerprint density at radius 2 is 1.02 bits per heavy atom. The summed E-state index contributed by atoms with van der Waals surface area (Å²) in [4.78, 5) is 2.53. The van der Waals surface area contributed by atoms with Crippen LogP contribution in [0.3, 0.4) is 0 Å². The zero-order valence-electron chi connectivity index (χ0n) is 28.6. The number of thiophene rings is 1. The maximum absolute atomic E-state index is 2.53. The lowest BCUT2D eigenvalue weighted by molar-refractivity contribution is 0.660. The molecule has 8 aromatic carbocycles. The number of nitrogens with zero attached hydrogens (tertiary/aromatic N) is 1. The van der Waals surface area contributed by atoms with Crippen LogP contribution in [0.2, 0.25) is 0 Å². The average molecular weight is 670 g/mol. The van der Waals surface area contributed by atoms with Gasteiger partial charge < -0.3 is 4.90 Å². The minimum Gasteiger partial charge on any atom is -0.309 e. The van der Waals surface area contributed by atoms with Crippen molar-refractivity contribution in [2.75, 3.05) is 4.90 Å². The maximum atomic E-state index is 2.53. The van der Waals surface area contributed by atoms with Crippen LogP contribution in [0.1, 0.15) is 25.0 Å². The predicted octanol–water partition coefficient (Wildman–Crippen LogP) is 14.3. The smallest absolute Gasteiger partial charge is 0.0555 e. The standard InChI is InChI=1S/C49H35NS/c1-49(2)40-22-9-5-19-38(40)47-37(21-13-23-41(47)49)36-18-7-11-25-43(36)50(44-26-14-28-46-48(44)39-20-8-12-27-45(39)51-46)42-24-10-6-17-35(42)34-30-29-32-15-3-4-16-33(32)31-34/h3-31H,1-2H3. The van der Waals surface area contributed by atoms with Crippen molar-refractivity contribution >= 4 is 59.3 Å². The van der Waals surface area contributed by atoms with Gasteiger partial charge >= 0.3 is 0 Å². The minimum atomic E-state index is -0.0829. The molecule has 0 fully saturated rings. The Balaban J connectivity index is 1.29. The van der Waals surface area contributed by atoms with Gasteiger partial charge in [0.25, 0.3) is 0 Å². The molecule has 10 rings (SSSR count). The van der Waals surface area contributed by atoms with E-state index in [9.17, 15) is 0 Å². The average Bonchev–Trinajstić information content (AvgIpc) is 3.68. The normalized spacial score (nSPS) is 13.1. The van der Waals surface area contributed by atoms with Gasteiger partial charge in [-0.25, -0.2) is 0 Å². The molecule has 0 N–H and O–H groups in total. The molecule has 51 heavy (non-hydrogen) atoms. The van der Waals surface area contributed by atoms with E-state index >= 15 is 0 Å². The van der Waals surface area contributed by atoms with E-state index in [4.69, 9.17) is 0 Å². The molecule has 1 heterocycles. The van der Waals surface area contributed by atoms with Gasteiger partial charge in [-0.15, -0.1) is 11.3 Å². The lowest BCUT2D eigenvalue weighted by Gasteiger charge is -2.31. The van der Waals surface area contributed by atoms with Crippen molar-refractivity contribution in [1.82, 2.24) is 0 Å². The highest BCUT2D eigenvalue weighted by molar-refractivity contribution is 7.26. The SMILES string of the molecule is CC1(C)c2ccccc2-c2c(-c3ccccc3N(c3ccccc3-c3ccc4ccccc4c3)c3cccc4sc5ccccc5c34)cccc21. The minimum absolute atomic E-state index is 0.0829. The van der Waals surface area contributed by atoms with Crippen LogP contribution in [-0.4, -0.2) is 0 Å². The molecule has 242 valence electrons. The molecule has 0 amide bonds. The molecule has 0 aliphatic heterocycles. The van der Waals surface area contributed by atoms with Crippen LogP contribution in [-0.2, 0) is 5.41 Å². The molecule has 0 atom stereocenters. The van der Waals surface area contributed by atoms with E-state index in [-0.39, 0.29) is 5.41 Å². The van der Waals surface area contributed by atoms with E-state index < -0.39 is 0 Å². The first kappa shape index (κ1) is 29.9. The second-order valence-electron chi connectivity index (χ2n) is 14.1. The fraction of sp³-hybridized carbons (Fsp3) is 0.0612. The Morgan fingerprint density at radius 3 is 1.88 bits per heavy atom. The van der Waals surface area contributed by atoms with E-state index in [1.807, 2.05) is 11.3 Å². The van der Waals surface area contributed by atoms with Crippen molar-refractivity contribution in [2.24, 2.45) is 0 Å². The third kappa shape index (κ3) is 4.60. The maximum Gasteiger partial charge on any atom is 0.0555 e. The van der Waals surface area contributed by atoms with Crippen LogP contribution in [0.4, 0.5) is 17.1 Å². The molecule has 1 aliphatic rings. The van der Waals surface area contributed by atoms with Gasteiger partial charge in [-0.1, -0.05) is 153 Å². The van der Waals surface area contributed by atoms with Gasteiger partial charge in [0.05, 0.1) is 17.1 Å². The summed E-state index contributed by atoms with van der Waals surface area (Å²) in [5.74, 6) is 0. The van der Waals surface area contributed by atoms with E-state index in [2.05, 4.69) is 195 Å². The number of hydrogen-bond donors (Lipinski definition) is 0. The Labute approximate surface area is 302 Å². The van der Waals surface area contributed by atoms with Crippen molar-refractivity contribution < 1.29 is 0 Å². The first-order chi connectivity index (χ1) is 25.1. The lowest BCUT2D eigenvalue weighted by Crippen LogP contribution is -2.15. The summed E-state index contributed by atoms with van der Waals surface area (Å²) in [5.41, 5.74) is 13.7. The molecule has 0 unspecified atom stereocenters. The van der Waals surface area contributed by atoms with Crippen LogP contribution >= 0.6 is 11.3 Å². The monoisotopic (exact) mass is 669 g/mol. The largest absolute Gasteiger partial charge is 0.309 e. The zero-order chi connectivity index (χ0) is 34.1. The third-order valence-corrected chi connectivity index (χ3v) is 12.0. The highest BCUT2D eigenvalue weighted by Gasteiger charge is 2.37. The zero-order valence-corrected chi connectivity index (χ0v) is 29.4. The van der Waals surface area contributed by atoms with Gasteiger partial charge in [0, 0.05) is 36.7 Å². The fourth-order valence-electron chi connectivity index (χ4n) is 8.48. The second-order valence-corrected chi connectivity index (χ2v) is 15.2. The van der Waals surface area contributed by atoms with Crippen LogP contribution in [0.15, 0.2) is 176 Å². The fourth-order valence-corrected chi connectivity index (χ4v) is 9.60. The third-order valence-electron chi connectivity index (χ3n) is 10.9. The number of hydrogen-bond acceptors (Lipinski definition) is 2. The number of rotatable bonds is 5. The molecule has 0 radical (unpaired) electrons. The predicted molar refractivity (Wildman–Crippen MR) is 220 cm³/mol. The molecular formula is C49H35NS. The van der Waals surface area contributed by atoms with Crippen molar-refractivity contribution in [3.63, 3.8) is 0 Å². The van der Waals surface area contributed by atoms with Crippen LogP contribution in [0.5, 0.6) is 0 Å². The summed E-state index contributed by atoms with van der Waals surface area (Å²) in [6.45, 7) is 4.73. The number of anilines is 3. The summed E-state index contributed by atoms with van der Waals surface area (Å²) in [7, 11) is 0. The van der Waals surface area contributed by atoms with Crippen molar-refractivity contribution in [3.8, 4) is 33.4 Å². The molecule has 9 aromatic rings. The van der Waals surface area contributed by atoms with Gasteiger partial charge in [0.2, 0.25) is 0 Å². The highest BCUT2D eigenvalue weighted by atomic mass is 32.1. The molecule has 1 aromatic heterocycles. The van der Waals surface area contributed by atoms with Crippen LogP contribution in [0, 0.1) is 0 Å². The topological polar surface area (TPSA) is 3.24 Å². The number of para-hydroxylation sites is 2. The Hall–Kier alpha value is -5.96. The molecule has 1 aliphatic carbocycles. The molecule has 0 saturated heterocycles. The van der Waals surface area contributed by atoms with Crippen LogP contribution in [0.25, 0.3) is 64.3 Å². The Morgan fingerprint density at radius 1 is 0.431 bits per heavy atom. The van der Waals surface area contributed by atoms with Gasteiger partial charge in [-0.05, 0) is 80.6 Å². The van der Waals surface area contributed by atoms with E-state index in [0.29, 0.717) is 0 Å². The van der Waals surface area contributed by atoms with Crippen LogP contribution < -0.4 is 4.90 Å². The number of fused-ring (bicyclic) bond motifs is 7. The van der Waals surface area contributed by atoms with Gasteiger partial charge in [0.15, 0.2) is 0 Å². The molecule has 0 spiro atoms. The van der Waals surface area contributed by atoms with Gasteiger partial charge in [-0.3, -0.25) is 0 Å². The lowest BCUT2D eigenvalue weighted by atomic mass is 9.82. The summed E-state index contributed by atoms with van der Waals surface area (Å²) < 4.78 is 2.59. The molecule has 2 heteroatoms. The quantitative estimate of drug-likeness (QED) is 0.176. The van der Waals surface area contributed by atoms with Gasteiger partial charge in [0.1, 0.15) is 0 Å². The van der Waals surface area contributed by atoms with E-state index in [1.54, 1.807) is 0 Å². The summed E-state index contributed by atoms with van der Waals surface area (Å²) >= 11 is 1.87. The molecular weight excluding hydrogens is 635 g/mol. The van der Waals surface area contributed by atoms with Crippen molar-refractivity contribution in [2.45, 2.75) is 19.3 Å². The summed E-state index contributed by atoms with van der Waals surface area (Å²) in [6.07, 6.45) is 0. The Bertz CT molecular complexity index is 2800. The van der Waals surface area contributed by atoms with Crippen molar-refractivity contribution in [1.29, 1.82) is 0 Å². The first-order valence-corrected chi connectivity index (χ1v) is 18.5. The molecule has 0 saturated carbocycles. The summed E-state index contributed by atoms with van der Waals surface area (Å²) in [6, 6.07) is 64.9. The van der Waals surface area contributed by atoms with E-state index in [0.717, 1.165) is 11.4 Å². The summed E-state index contributed by atoms with van der Waals surface area (Å²) in [5, 5.41) is 5.06. The molecule has 0 bridgehead atoms. The second kappa shape index (κ2) is 11.6.